The molecule has 0 saturated heterocycles. The zero-order valence-electron chi connectivity index (χ0n) is 7.60. The first-order chi connectivity index (χ1) is 6.34. The van der Waals surface area contributed by atoms with E-state index < -0.39 is 0 Å². The van der Waals surface area contributed by atoms with E-state index in [1.165, 1.54) is 0 Å². The highest BCUT2D eigenvalue weighted by atomic mass is 16.5. The molecule has 0 aliphatic heterocycles. The number of hydrogen-bond acceptors (Lipinski definition) is 3. The highest BCUT2D eigenvalue weighted by Crippen LogP contribution is 2.12. The van der Waals surface area contributed by atoms with E-state index in [-0.39, 0.29) is 5.75 Å². The van der Waals surface area contributed by atoms with Gasteiger partial charge in [-0.05, 0) is 12.1 Å². The molecule has 0 radical (unpaired) electrons. The van der Waals surface area contributed by atoms with Crippen LogP contribution in [-0.2, 0) is 4.74 Å². The molecular formula is C10H13NO2. The van der Waals surface area contributed by atoms with Crippen molar-refractivity contribution < 1.29 is 9.84 Å². The quantitative estimate of drug-likeness (QED) is 0.561. The lowest BCUT2D eigenvalue weighted by Gasteiger charge is -1.96. The number of nitrogens with zero attached hydrogens (tertiary/aromatic N) is 1. The fraction of sp³-hybridized carbons (Fsp3) is 0.300. The third-order valence-electron chi connectivity index (χ3n) is 1.59. The summed E-state index contributed by atoms with van der Waals surface area (Å²) in [5.41, 5.74) is 0.735. The zero-order valence-corrected chi connectivity index (χ0v) is 7.60. The van der Waals surface area contributed by atoms with Crippen LogP contribution in [0, 0.1) is 0 Å². The minimum atomic E-state index is 0.253. The number of phenolic OH excluding ortho intramolecular Hbond substituents is 1. The van der Waals surface area contributed by atoms with E-state index in [0.717, 1.165) is 5.56 Å². The third-order valence-corrected chi connectivity index (χ3v) is 1.59. The summed E-state index contributed by atoms with van der Waals surface area (Å²) in [4.78, 5) is 4.08. The van der Waals surface area contributed by atoms with Gasteiger partial charge in [-0.25, -0.2) is 0 Å². The molecule has 70 valence electrons. The van der Waals surface area contributed by atoms with Gasteiger partial charge in [-0.3, -0.25) is 4.99 Å². The van der Waals surface area contributed by atoms with Crippen LogP contribution in [-0.4, -0.2) is 31.6 Å². The van der Waals surface area contributed by atoms with Gasteiger partial charge < -0.3 is 9.84 Å². The minimum Gasteiger partial charge on any atom is -0.507 e. The normalized spacial score (nSPS) is 10.8. The molecule has 13 heavy (non-hydrogen) atoms. The molecule has 0 amide bonds. The molecule has 0 saturated carbocycles. The van der Waals surface area contributed by atoms with Gasteiger partial charge in [-0.1, -0.05) is 12.1 Å². The molecule has 0 spiro atoms. The van der Waals surface area contributed by atoms with Crippen LogP contribution in [0.1, 0.15) is 5.56 Å². The first-order valence-electron chi connectivity index (χ1n) is 4.11. The number of phenols is 1. The average Bonchev–Trinajstić information content (AvgIpc) is 2.15. The fourth-order valence-electron chi connectivity index (χ4n) is 0.904. The largest absolute Gasteiger partial charge is 0.507 e. The Kier molecular flexibility index (Phi) is 3.99. The van der Waals surface area contributed by atoms with Crippen molar-refractivity contribution in [3.8, 4) is 5.75 Å². The number of aliphatic imine (C=N–C) groups is 1. The summed E-state index contributed by atoms with van der Waals surface area (Å²) in [5.74, 6) is 0.253. The van der Waals surface area contributed by atoms with E-state index >= 15 is 0 Å². The molecule has 3 heteroatoms. The lowest BCUT2D eigenvalue weighted by molar-refractivity contribution is 0.208. The first-order valence-corrected chi connectivity index (χ1v) is 4.11. The Bertz CT molecular complexity index is 284. The Morgan fingerprint density at radius 3 is 2.92 bits per heavy atom. The molecule has 0 aliphatic carbocycles. The van der Waals surface area contributed by atoms with Crippen LogP contribution >= 0.6 is 0 Å². The summed E-state index contributed by atoms with van der Waals surface area (Å²) in [6, 6.07) is 7.09. The van der Waals surface area contributed by atoms with Crippen LogP contribution < -0.4 is 0 Å². The first kappa shape index (κ1) is 9.74. The van der Waals surface area contributed by atoms with Gasteiger partial charge in [0, 0.05) is 18.9 Å². The van der Waals surface area contributed by atoms with Crippen molar-refractivity contribution in [2.24, 2.45) is 4.99 Å². The van der Waals surface area contributed by atoms with E-state index in [9.17, 15) is 5.11 Å². The van der Waals surface area contributed by atoms with Crippen LogP contribution in [0.25, 0.3) is 0 Å². The van der Waals surface area contributed by atoms with Gasteiger partial charge in [0.25, 0.3) is 0 Å². The van der Waals surface area contributed by atoms with Crippen molar-refractivity contribution in [1.29, 1.82) is 0 Å². The molecule has 3 nitrogen and oxygen atoms in total. The van der Waals surface area contributed by atoms with Crippen molar-refractivity contribution in [3.05, 3.63) is 29.8 Å². The maximum atomic E-state index is 9.34. The second-order valence-electron chi connectivity index (χ2n) is 2.59. The molecule has 0 aromatic heterocycles. The monoisotopic (exact) mass is 179 g/mol. The van der Waals surface area contributed by atoms with Gasteiger partial charge in [0.15, 0.2) is 0 Å². The summed E-state index contributed by atoms with van der Waals surface area (Å²) >= 11 is 0. The van der Waals surface area contributed by atoms with Gasteiger partial charge in [-0.15, -0.1) is 0 Å². The third kappa shape index (κ3) is 3.25. The number of hydrogen-bond donors (Lipinski definition) is 1. The highest BCUT2D eigenvalue weighted by molar-refractivity contribution is 5.83. The maximum absolute atomic E-state index is 9.34. The summed E-state index contributed by atoms with van der Waals surface area (Å²) in [6.07, 6.45) is 1.65. The van der Waals surface area contributed by atoms with Gasteiger partial charge in [-0.2, -0.15) is 0 Å². The SMILES string of the molecule is COCC/N=C/c1ccccc1O. The predicted octanol–water partition coefficient (Wildman–Crippen LogP) is 1.46. The average molecular weight is 179 g/mol. The molecular weight excluding hydrogens is 166 g/mol. The van der Waals surface area contributed by atoms with Crippen LogP contribution in [0.2, 0.25) is 0 Å². The van der Waals surface area contributed by atoms with Gasteiger partial charge >= 0.3 is 0 Å². The number of methoxy groups -OCH3 is 1. The number of ether oxygens (including phenoxy) is 1. The summed E-state index contributed by atoms with van der Waals surface area (Å²) < 4.78 is 4.83. The topological polar surface area (TPSA) is 41.8 Å². The Hall–Kier alpha value is -1.35. The number of para-hydroxylation sites is 1. The van der Waals surface area contributed by atoms with Crippen LogP contribution in [0.15, 0.2) is 29.3 Å². The van der Waals surface area contributed by atoms with Gasteiger partial charge in [0.1, 0.15) is 5.75 Å². The van der Waals surface area contributed by atoms with Crippen molar-refractivity contribution >= 4 is 6.21 Å². The molecule has 0 unspecified atom stereocenters. The Morgan fingerprint density at radius 1 is 1.46 bits per heavy atom. The Morgan fingerprint density at radius 2 is 2.23 bits per heavy atom. The molecule has 0 heterocycles. The fourth-order valence-corrected chi connectivity index (χ4v) is 0.904. The van der Waals surface area contributed by atoms with Crippen molar-refractivity contribution in [1.82, 2.24) is 0 Å². The van der Waals surface area contributed by atoms with E-state index in [1.54, 1.807) is 25.5 Å². The van der Waals surface area contributed by atoms with Crippen LogP contribution in [0.5, 0.6) is 5.75 Å². The molecule has 0 aliphatic rings. The second kappa shape index (κ2) is 5.32. The summed E-state index contributed by atoms with van der Waals surface area (Å²) in [7, 11) is 1.63. The summed E-state index contributed by atoms with van der Waals surface area (Å²) in [6.45, 7) is 1.22. The van der Waals surface area contributed by atoms with Crippen molar-refractivity contribution in [2.75, 3.05) is 20.3 Å². The van der Waals surface area contributed by atoms with Gasteiger partial charge in [0.05, 0.1) is 13.2 Å². The smallest absolute Gasteiger partial charge is 0.124 e. The molecule has 1 aromatic rings. The van der Waals surface area contributed by atoms with E-state index in [2.05, 4.69) is 4.99 Å². The molecule has 0 fully saturated rings. The second-order valence-corrected chi connectivity index (χ2v) is 2.59. The molecule has 1 rings (SSSR count). The summed E-state index contributed by atoms with van der Waals surface area (Å²) in [5, 5.41) is 9.34. The predicted molar refractivity (Wildman–Crippen MR) is 52.4 cm³/mol. The molecule has 0 atom stereocenters. The minimum absolute atomic E-state index is 0.253. The van der Waals surface area contributed by atoms with Crippen molar-refractivity contribution in [2.45, 2.75) is 0 Å². The lowest BCUT2D eigenvalue weighted by atomic mass is 10.2. The number of aromatic hydroxyl groups is 1. The standard InChI is InChI=1S/C10H13NO2/c1-13-7-6-11-8-9-4-2-3-5-10(9)12/h2-5,8,12H,6-7H2,1H3/b11-8+. The lowest BCUT2D eigenvalue weighted by Crippen LogP contribution is -1.93. The Labute approximate surface area is 77.7 Å². The zero-order chi connectivity index (χ0) is 9.52. The van der Waals surface area contributed by atoms with E-state index in [4.69, 9.17) is 4.74 Å². The molecule has 1 aromatic carbocycles. The van der Waals surface area contributed by atoms with Crippen molar-refractivity contribution in [3.63, 3.8) is 0 Å². The van der Waals surface area contributed by atoms with Crippen LogP contribution in [0.3, 0.4) is 0 Å². The highest BCUT2D eigenvalue weighted by Gasteiger charge is 1.93. The van der Waals surface area contributed by atoms with Crippen LogP contribution in [0.4, 0.5) is 0 Å². The number of benzene rings is 1. The van der Waals surface area contributed by atoms with E-state index in [0.29, 0.717) is 13.2 Å². The Balaban J connectivity index is 2.53. The maximum Gasteiger partial charge on any atom is 0.124 e. The number of rotatable bonds is 4. The van der Waals surface area contributed by atoms with Gasteiger partial charge in [0.2, 0.25) is 0 Å². The molecule has 1 N–H and O–H groups in total. The molecule has 0 bridgehead atoms. The van der Waals surface area contributed by atoms with E-state index in [1.807, 2.05) is 12.1 Å².